The highest BCUT2D eigenvalue weighted by Gasteiger charge is 2.16. The predicted octanol–water partition coefficient (Wildman–Crippen LogP) is 0.507. The van der Waals surface area contributed by atoms with Crippen molar-refractivity contribution in [3.8, 4) is 5.75 Å². The van der Waals surface area contributed by atoms with E-state index in [1.807, 2.05) is 25.2 Å². The van der Waals surface area contributed by atoms with Crippen LogP contribution in [-0.4, -0.2) is 31.9 Å². The minimum Gasteiger partial charge on any atom is -0.490 e. The number of benzene rings is 1. The fraction of sp³-hybridized carbons (Fsp3) is 0.455. The summed E-state index contributed by atoms with van der Waals surface area (Å²) in [6.07, 6.45) is 0. The molecule has 0 spiro atoms. The minimum atomic E-state index is -0.328. The number of nitrogens with two attached hydrogens (primary N) is 1. The molecule has 2 rings (SSSR count). The van der Waals surface area contributed by atoms with E-state index in [1.54, 1.807) is 0 Å². The molecule has 0 radical (unpaired) electrons. The van der Waals surface area contributed by atoms with E-state index in [4.69, 9.17) is 15.6 Å². The Labute approximate surface area is 89.3 Å². The van der Waals surface area contributed by atoms with E-state index < -0.39 is 0 Å². The van der Waals surface area contributed by atoms with Gasteiger partial charge in [0.1, 0.15) is 12.4 Å². The minimum absolute atomic E-state index is 0.0470. The fourth-order valence-electron chi connectivity index (χ4n) is 1.71. The van der Waals surface area contributed by atoms with Gasteiger partial charge in [-0.15, -0.1) is 0 Å². The standard InChI is InChI=1S/C11H16N2O2/c1-13-4-5-15-11-6-8(9(12)7-14)2-3-10(11)13/h2-3,6,9,14H,4-5,7,12H2,1H3/t9-/m1/s1. The van der Waals surface area contributed by atoms with Crippen LogP contribution in [0.15, 0.2) is 18.2 Å². The van der Waals surface area contributed by atoms with Crippen LogP contribution in [0.2, 0.25) is 0 Å². The Morgan fingerprint density at radius 3 is 3.13 bits per heavy atom. The number of hydrogen-bond acceptors (Lipinski definition) is 4. The molecule has 1 aromatic rings. The Bertz CT molecular complexity index is 354. The van der Waals surface area contributed by atoms with Crippen molar-refractivity contribution >= 4 is 5.69 Å². The third-order valence-electron chi connectivity index (χ3n) is 2.70. The zero-order chi connectivity index (χ0) is 10.8. The van der Waals surface area contributed by atoms with Crippen LogP contribution < -0.4 is 15.4 Å². The zero-order valence-electron chi connectivity index (χ0n) is 8.81. The second-order valence-corrected chi connectivity index (χ2v) is 3.79. The van der Waals surface area contributed by atoms with Crippen molar-refractivity contribution < 1.29 is 9.84 Å². The third-order valence-corrected chi connectivity index (χ3v) is 2.70. The monoisotopic (exact) mass is 208 g/mol. The Kier molecular flexibility index (Phi) is 2.79. The van der Waals surface area contributed by atoms with Crippen molar-refractivity contribution in [3.05, 3.63) is 23.8 Å². The lowest BCUT2D eigenvalue weighted by Gasteiger charge is -2.28. The number of aliphatic hydroxyl groups is 1. The van der Waals surface area contributed by atoms with Gasteiger partial charge in [-0.1, -0.05) is 6.07 Å². The number of anilines is 1. The molecule has 0 fully saturated rings. The van der Waals surface area contributed by atoms with Gasteiger partial charge in [-0.3, -0.25) is 0 Å². The third kappa shape index (κ3) is 1.91. The summed E-state index contributed by atoms with van der Waals surface area (Å²) in [6.45, 7) is 1.55. The van der Waals surface area contributed by atoms with Gasteiger partial charge in [0.15, 0.2) is 0 Å². The first-order valence-corrected chi connectivity index (χ1v) is 5.06. The first-order chi connectivity index (χ1) is 7.22. The molecule has 0 bridgehead atoms. The summed E-state index contributed by atoms with van der Waals surface area (Å²) in [7, 11) is 2.03. The Morgan fingerprint density at radius 2 is 2.40 bits per heavy atom. The molecule has 1 aliphatic heterocycles. The van der Waals surface area contributed by atoms with Crippen molar-refractivity contribution in [2.45, 2.75) is 6.04 Å². The summed E-state index contributed by atoms with van der Waals surface area (Å²) in [6, 6.07) is 5.50. The number of hydrogen-bond donors (Lipinski definition) is 2. The van der Waals surface area contributed by atoms with Crippen molar-refractivity contribution in [3.63, 3.8) is 0 Å². The molecule has 1 aliphatic rings. The van der Waals surface area contributed by atoms with Crippen molar-refractivity contribution in [1.29, 1.82) is 0 Å². The van der Waals surface area contributed by atoms with Gasteiger partial charge in [0.05, 0.1) is 24.9 Å². The van der Waals surface area contributed by atoms with Crippen molar-refractivity contribution in [1.82, 2.24) is 0 Å². The summed E-state index contributed by atoms with van der Waals surface area (Å²) in [5.41, 5.74) is 7.73. The van der Waals surface area contributed by atoms with Crippen LogP contribution in [-0.2, 0) is 0 Å². The van der Waals surface area contributed by atoms with Gasteiger partial charge >= 0.3 is 0 Å². The largest absolute Gasteiger partial charge is 0.490 e. The molecule has 3 N–H and O–H groups in total. The molecule has 4 nitrogen and oxygen atoms in total. The maximum absolute atomic E-state index is 8.97. The Hall–Kier alpha value is -1.26. The first kappa shape index (κ1) is 10.3. The van der Waals surface area contributed by atoms with Crippen molar-refractivity contribution in [2.24, 2.45) is 5.73 Å². The van der Waals surface area contributed by atoms with E-state index in [0.717, 1.165) is 23.5 Å². The maximum atomic E-state index is 8.97. The maximum Gasteiger partial charge on any atom is 0.143 e. The number of fused-ring (bicyclic) bond motifs is 1. The van der Waals surface area contributed by atoms with Crippen LogP contribution >= 0.6 is 0 Å². The smallest absolute Gasteiger partial charge is 0.143 e. The van der Waals surface area contributed by atoms with Crippen LogP contribution in [0.3, 0.4) is 0 Å². The summed E-state index contributed by atoms with van der Waals surface area (Å²) < 4.78 is 5.55. The molecule has 1 heterocycles. The quantitative estimate of drug-likeness (QED) is 0.743. The second kappa shape index (κ2) is 4.08. The zero-order valence-corrected chi connectivity index (χ0v) is 8.81. The van der Waals surface area contributed by atoms with E-state index in [0.29, 0.717) is 6.61 Å². The predicted molar refractivity (Wildman–Crippen MR) is 59.2 cm³/mol. The van der Waals surface area contributed by atoms with Gasteiger partial charge in [-0.25, -0.2) is 0 Å². The Balaban J connectivity index is 2.33. The van der Waals surface area contributed by atoms with E-state index in [9.17, 15) is 0 Å². The molecular formula is C11H16N2O2. The van der Waals surface area contributed by atoms with Crippen LogP contribution in [0.5, 0.6) is 5.75 Å². The lowest BCUT2D eigenvalue weighted by molar-refractivity contribution is 0.267. The lowest BCUT2D eigenvalue weighted by Crippen LogP contribution is -2.29. The highest BCUT2D eigenvalue weighted by atomic mass is 16.5. The van der Waals surface area contributed by atoms with Crippen LogP contribution in [0.4, 0.5) is 5.69 Å². The molecule has 0 amide bonds. The lowest BCUT2D eigenvalue weighted by atomic mass is 10.1. The molecule has 0 saturated heterocycles. The van der Waals surface area contributed by atoms with Gasteiger partial charge in [-0.2, -0.15) is 0 Å². The SMILES string of the molecule is CN1CCOc2cc([C@H](N)CO)ccc21. The molecule has 15 heavy (non-hydrogen) atoms. The molecule has 1 aromatic carbocycles. The molecule has 0 saturated carbocycles. The molecule has 0 aromatic heterocycles. The van der Waals surface area contributed by atoms with Crippen LogP contribution in [0.1, 0.15) is 11.6 Å². The second-order valence-electron chi connectivity index (χ2n) is 3.79. The van der Waals surface area contributed by atoms with Gasteiger partial charge in [-0.05, 0) is 17.7 Å². The Morgan fingerprint density at radius 1 is 1.60 bits per heavy atom. The first-order valence-electron chi connectivity index (χ1n) is 5.06. The summed E-state index contributed by atoms with van der Waals surface area (Å²) in [5.74, 6) is 0.852. The van der Waals surface area contributed by atoms with E-state index >= 15 is 0 Å². The summed E-state index contributed by atoms with van der Waals surface area (Å²) in [4.78, 5) is 2.15. The van der Waals surface area contributed by atoms with E-state index in [2.05, 4.69) is 4.90 Å². The molecular weight excluding hydrogens is 192 g/mol. The van der Waals surface area contributed by atoms with E-state index in [-0.39, 0.29) is 12.6 Å². The summed E-state index contributed by atoms with van der Waals surface area (Å²) in [5, 5.41) is 8.97. The van der Waals surface area contributed by atoms with Gasteiger partial charge in [0.25, 0.3) is 0 Å². The summed E-state index contributed by atoms with van der Waals surface area (Å²) >= 11 is 0. The number of rotatable bonds is 2. The average Bonchev–Trinajstić information content (AvgIpc) is 2.28. The molecule has 82 valence electrons. The topological polar surface area (TPSA) is 58.7 Å². The van der Waals surface area contributed by atoms with Crippen molar-refractivity contribution in [2.75, 3.05) is 31.7 Å². The number of aliphatic hydroxyl groups excluding tert-OH is 1. The number of nitrogens with zero attached hydrogens (tertiary/aromatic N) is 1. The molecule has 4 heteroatoms. The van der Waals surface area contributed by atoms with Crippen LogP contribution in [0.25, 0.3) is 0 Å². The number of ether oxygens (including phenoxy) is 1. The van der Waals surface area contributed by atoms with E-state index in [1.165, 1.54) is 0 Å². The molecule has 0 aliphatic carbocycles. The number of likely N-dealkylation sites (N-methyl/N-ethyl adjacent to an activating group) is 1. The normalized spacial score (nSPS) is 16.9. The highest BCUT2D eigenvalue weighted by Crippen LogP contribution is 2.32. The van der Waals surface area contributed by atoms with Gasteiger partial charge in [0, 0.05) is 7.05 Å². The van der Waals surface area contributed by atoms with Gasteiger partial charge in [0.2, 0.25) is 0 Å². The van der Waals surface area contributed by atoms with Crippen LogP contribution in [0, 0.1) is 0 Å². The van der Waals surface area contributed by atoms with Gasteiger partial charge < -0.3 is 20.5 Å². The average molecular weight is 208 g/mol. The molecule has 0 unspecified atom stereocenters. The highest BCUT2D eigenvalue weighted by molar-refractivity contribution is 5.60. The molecule has 1 atom stereocenters. The fourth-order valence-corrected chi connectivity index (χ4v) is 1.71.